The number of nitrogens with two attached hydrogens (primary N) is 1. The molecular weight excluding hydrogens is 188 g/mol. The normalized spacial score (nSPS) is 39.8. The van der Waals surface area contributed by atoms with Crippen molar-refractivity contribution in [1.29, 1.82) is 0 Å². The maximum atomic E-state index is 11.1. The quantitative estimate of drug-likeness (QED) is 0.608. The molecule has 1 aliphatic heterocycles. The van der Waals surface area contributed by atoms with Gasteiger partial charge in [-0.2, -0.15) is 0 Å². The standard InChI is InChI=1S/C8H16N2O2S/c9-7-5-8(6-7)10-1-3-13(11,12)4-2-10/h7-8H,1-6,9H2. The van der Waals surface area contributed by atoms with Gasteiger partial charge in [-0.15, -0.1) is 0 Å². The summed E-state index contributed by atoms with van der Waals surface area (Å²) >= 11 is 0. The van der Waals surface area contributed by atoms with E-state index in [2.05, 4.69) is 4.90 Å². The molecule has 2 N–H and O–H groups in total. The molecule has 0 spiro atoms. The summed E-state index contributed by atoms with van der Waals surface area (Å²) in [6.07, 6.45) is 2.08. The van der Waals surface area contributed by atoms with Crippen molar-refractivity contribution in [2.24, 2.45) is 5.73 Å². The molecule has 2 fully saturated rings. The zero-order valence-electron chi connectivity index (χ0n) is 7.65. The Morgan fingerprint density at radius 3 is 2.15 bits per heavy atom. The van der Waals surface area contributed by atoms with Crippen LogP contribution < -0.4 is 5.73 Å². The van der Waals surface area contributed by atoms with E-state index in [4.69, 9.17) is 5.73 Å². The van der Waals surface area contributed by atoms with E-state index < -0.39 is 9.84 Å². The molecule has 1 heterocycles. The molecule has 4 nitrogen and oxygen atoms in total. The van der Waals surface area contributed by atoms with Crippen molar-refractivity contribution in [2.75, 3.05) is 24.6 Å². The largest absolute Gasteiger partial charge is 0.328 e. The van der Waals surface area contributed by atoms with Gasteiger partial charge in [0.2, 0.25) is 0 Å². The van der Waals surface area contributed by atoms with Crippen molar-refractivity contribution in [3.05, 3.63) is 0 Å². The lowest BCUT2D eigenvalue weighted by atomic mass is 9.86. The monoisotopic (exact) mass is 204 g/mol. The molecule has 5 heteroatoms. The zero-order valence-corrected chi connectivity index (χ0v) is 8.46. The summed E-state index contributed by atoms with van der Waals surface area (Å²) in [6, 6.07) is 0.911. The van der Waals surface area contributed by atoms with Crippen LogP contribution in [0.3, 0.4) is 0 Å². The van der Waals surface area contributed by atoms with Crippen LogP contribution in [0.15, 0.2) is 0 Å². The smallest absolute Gasteiger partial charge is 0.152 e. The molecule has 1 saturated heterocycles. The van der Waals surface area contributed by atoms with E-state index in [-0.39, 0.29) is 0 Å². The summed E-state index contributed by atoms with van der Waals surface area (Å²) in [5, 5.41) is 0. The molecular formula is C8H16N2O2S. The first-order valence-corrected chi connectivity index (χ1v) is 6.59. The minimum Gasteiger partial charge on any atom is -0.328 e. The molecule has 0 atom stereocenters. The third-order valence-electron chi connectivity index (χ3n) is 3.05. The van der Waals surface area contributed by atoms with Crippen LogP contribution in [-0.2, 0) is 9.84 Å². The van der Waals surface area contributed by atoms with Crippen molar-refractivity contribution in [2.45, 2.75) is 24.9 Å². The van der Waals surface area contributed by atoms with Crippen LogP contribution in [0.25, 0.3) is 0 Å². The highest BCUT2D eigenvalue weighted by atomic mass is 32.2. The van der Waals surface area contributed by atoms with Gasteiger partial charge < -0.3 is 5.73 Å². The van der Waals surface area contributed by atoms with Crippen LogP contribution in [0.2, 0.25) is 0 Å². The summed E-state index contributed by atoms with van der Waals surface area (Å²) < 4.78 is 22.3. The first kappa shape index (κ1) is 9.43. The van der Waals surface area contributed by atoms with E-state index in [1.807, 2.05) is 0 Å². The predicted molar refractivity (Wildman–Crippen MR) is 51.2 cm³/mol. The Balaban J connectivity index is 1.85. The Morgan fingerprint density at radius 1 is 1.15 bits per heavy atom. The molecule has 0 aromatic rings. The Bertz CT molecular complexity index is 269. The van der Waals surface area contributed by atoms with Gasteiger partial charge in [-0.1, -0.05) is 0 Å². The first-order valence-electron chi connectivity index (χ1n) is 4.77. The minimum atomic E-state index is -2.72. The topological polar surface area (TPSA) is 63.4 Å². The number of nitrogens with zero attached hydrogens (tertiary/aromatic N) is 1. The van der Waals surface area contributed by atoms with Crippen LogP contribution in [0, 0.1) is 0 Å². The van der Waals surface area contributed by atoms with E-state index >= 15 is 0 Å². The average Bonchev–Trinajstić information content (AvgIpc) is 2.00. The van der Waals surface area contributed by atoms with E-state index in [0.29, 0.717) is 36.7 Å². The van der Waals surface area contributed by atoms with Gasteiger partial charge >= 0.3 is 0 Å². The SMILES string of the molecule is NC1CC(N2CCS(=O)(=O)CC2)C1. The molecule has 1 saturated carbocycles. The van der Waals surface area contributed by atoms with E-state index in [1.54, 1.807) is 0 Å². The molecule has 76 valence electrons. The van der Waals surface area contributed by atoms with Gasteiger partial charge in [0.1, 0.15) is 0 Å². The van der Waals surface area contributed by atoms with Crippen molar-refractivity contribution in [1.82, 2.24) is 4.90 Å². The van der Waals surface area contributed by atoms with E-state index in [1.165, 1.54) is 0 Å². The van der Waals surface area contributed by atoms with Crippen molar-refractivity contribution in [3.63, 3.8) is 0 Å². The van der Waals surface area contributed by atoms with Gasteiger partial charge in [-0.05, 0) is 12.8 Å². The van der Waals surface area contributed by atoms with Gasteiger partial charge in [-0.25, -0.2) is 8.42 Å². The van der Waals surface area contributed by atoms with Gasteiger partial charge in [0.15, 0.2) is 9.84 Å². The highest BCUT2D eigenvalue weighted by molar-refractivity contribution is 7.91. The number of hydrogen-bond donors (Lipinski definition) is 1. The fourth-order valence-corrected chi connectivity index (χ4v) is 3.25. The zero-order chi connectivity index (χ0) is 9.47. The molecule has 0 aromatic heterocycles. The summed E-state index contributed by atoms with van der Waals surface area (Å²) in [5.41, 5.74) is 5.68. The Labute approximate surface area is 79.0 Å². The van der Waals surface area contributed by atoms with Gasteiger partial charge in [-0.3, -0.25) is 4.90 Å². The lowest BCUT2D eigenvalue weighted by Crippen LogP contribution is -2.54. The number of hydrogen-bond acceptors (Lipinski definition) is 4. The number of sulfone groups is 1. The van der Waals surface area contributed by atoms with Gasteiger partial charge in [0.25, 0.3) is 0 Å². The van der Waals surface area contributed by atoms with Crippen LogP contribution in [-0.4, -0.2) is 50.0 Å². The predicted octanol–water partition coefficient (Wildman–Crippen LogP) is -0.793. The van der Waals surface area contributed by atoms with Crippen molar-refractivity contribution < 1.29 is 8.42 Å². The summed E-state index contributed by atoms with van der Waals surface area (Å²) in [4.78, 5) is 2.27. The summed E-state index contributed by atoms with van der Waals surface area (Å²) in [6.45, 7) is 1.42. The van der Waals surface area contributed by atoms with E-state index in [9.17, 15) is 8.42 Å². The fourth-order valence-electron chi connectivity index (χ4n) is 2.02. The van der Waals surface area contributed by atoms with Crippen LogP contribution in [0.1, 0.15) is 12.8 Å². The Hall–Kier alpha value is -0.130. The molecule has 0 unspecified atom stereocenters. The molecule has 13 heavy (non-hydrogen) atoms. The molecule has 1 aliphatic carbocycles. The van der Waals surface area contributed by atoms with Crippen molar-refractivity contribution in [3.8, 4) is 0 Å². The maximum absolute atomic E-state index is 11.1. The third-order valence-corrected chi connectivity index (χ3v) is 4.65. The van der Waals surface area contributed by atoms with Gasteiger partial charge in [0, 0.05) is 25.2 Å². The Morgan fingerprint density at radius 2 is 1.69 bits per heavy atom. The second-order valence-corrected chi connectivity index (χ2v) is 6.38. The van der Waals surface area contributed by atoms with Crippen LogP contribution in [0.5, 0.6) is 0 Å². The lowest BCUT2D eigenvalue weighted by molar-refractivity contribution is 0.120. The van der Waals surface area contributed by atoms with E-state index in [0.717, 1.165) is 12.8 Å². The second-order valence-electron chi connectivity index (χ2n) is 4.07. The lowest BCUT2D eigenvalue weighted by Gasteiger charge is -2.42. The summed E-state index contributed by atoms with van der Waals surface area (Å²) in [7, 11) is -2.72. The molecule has 0 bridgehead atoms. The second kappa shape index (κ2) is 3.22. The molecule has 2 aliphatic rings. The van der Waals surface area contributed by atoms with Crippen LogP contribution >= 0.6 is 0 Å². The average molecular weight is 204 g/mol. The minimum absolute atomic E-state index is 0.332. The van der Waals surface area contributed by atoms with Gasteiger partial charge in [0.05, 0.1) is 11.5 Å². The summed E-state index contributed by atoms with van der Waals surface area (Å²) in [5.74, 6) is 0.664. The fraction of sp³-hybridized carbons (Fsp3) is 1.00. The highest BCUT2D eigenvalue weighted by Crippen LogP contribution is 2.25. The third kappa shape index (κ3) is 2.03. The molecule has 0 radical (unpaired) electrons. The maximum Gasteiger partial charge on any atom is 0.152 e. The molecule has 0 amide bonds. The molecule has 2 rings (SSSR count). The first-order chi connectivity index (χ1) is 6.07. The molecule has 0 aromatic carbocycles. The highest BCUT2D eigenvalue weighted by Gasteiger charge is 2.34. The number of rotatable bonds is 1. The van der Waals surface area contributed by atoms with Crippen molar-refractivity contribution >= 4 is 9.84 Å². The van der Waals surface area contributed by atoms with Crippen LogP contribution in [0.4, 0.5) is 0 Å². The Kier molecular flexibility index (Phi) is 2.33.